The molecule has 1 heterocycles. The molecule has 0 fully saturated rings. The van der Waals surface area contributed by atoms with Crippen LogP contribution in [0.3, 0.4) is 0 Å². The summed E-state index contributed by atoms with van der Waals surface area (Å²) >= 11 is 0. The van der Waals surface area contributed by atoms with Crippen LogP contribution in [0.25, 0.3) is 10.9 Å². The van der Waals surface area contributed by atoms with E-state index in [1.54, 1.807) is 6.20 Å². The van der Waals surface area contributed by atoms with E-state index in [0.29, 0.717) is 0 Å². The molecule has 0 bridgehead atoms. The molecule has 0 atom stereocenters. The number of hydrogen-bond acceptors (Lipinski definition) is 2. The average molecular weight is 341 g/mol. The summed E-state index contributed by atoms with van der Waals surface area (Å²) in [5.41, 5.74) is 1.59. The van der Waals surface area contributed by atoms with Gasteiger partial charge in [-0.2, -0.15) is 0 Å². The third-order valence-corrected chi connectivity index (χ3v) is 4.71. The highest BCUT2D eigenvalue weighted by Gasteiger charge is 2.09. The van der Waals surface area contributed by atoms with Gasteiger partial charge in [0.05, 0.1) is 5.52 Å². The predicted molar refractivity (Wildman–Crippen MR) is 106 cm³/mol. The molecular weight excluding hydrogens is 308 g/mol. The van der Waals surface area contributed by atoms with Crippen molar-refractivity contribution >= 4 is 16.8 Å². The molecule has 2 rings (SSSR count). The van der Waals surface area contributed by atoms with Crippen molar-refractivity contribution in [3.05, 3.63) is 42.1 Å². The first-order chi connectivity index (χ1) is 12.3. The van der Waals surface area contributed by atoms with Gasteiger partial charge in [-0.25, -0.2) is 0 Å². The minimum atomic E-state index is 0.00882. The minimum absolute atomic E-state index is 0.00882. The van der Waals surface area contributed by atoms with E-state index in [9.17, 15) is 4.79 Å². The van der Waals surface area contributed by atoms with Crippen molar-refractivity contribution in [2.45, 2.75) is 71.1 Å². The van der Waals surface area contributed by atoms with Gasteiger partial charge < -0.3 is 5.32 Å². The molecule has 136 valence electrons. The minimum Gasteiger partial charge on any atom is -0.352 e. The third kappa shape index (κ3) is 6.85. The second-order valence-electron chi connectivity index (χ2n) is 6.81. The van der Waals surface area contributed by atoms with Crippen LogP contribution in [0.5, 0.6) is 0 Å². The largest absolute Gasteiger partial charge is 0.352 e. The van der Waals surface area contributed by atoms with E-state index in [4.69, 9.17) is 0 Å². The smallest absolute Gasteiger partial charge is 0.251 e. The molecule has 1 aromatic heterocycles. The zero-order valence-corrected chi connectivity index (χ0v) is 15.6. The molecule has 3 heteroatoms. The van der Waals surface area contributed by atoms with Crippen LogP contribution in [0.4, 0.5) is 0 Å². The number of aromatic nitrogens is 1. The van der Waals surface area contributed by atoms with Crippen molar-refractivity contribution in [3.8, 4) is 0 Å². The number of carbonyl (C=O) groups is 1. The molecule has 3 nitrogen and oxygen atoms in total. The van der Waals surface area contributed by atoms with Crippen LogP contribution < -0.4 is 5.32 Å². The Balaban J connectivity index is 1.58. The molecule has 0 saturated heterocycles. The highest BCUT2D eigenvalue weighted by atomic mass is 16.1. The van der Waals surface area contributed by atoms with Crippen molar-refractivity contribution in [2.75, 3.05) is 6.54 Å². The van der Waals surface area contributed by atoms with E-state index in [2.05, 4.69) is 17.2 Å². The van der Waals surface area contributed by atoms with E-state index >= 15 is 0 Å². The van der Waals surface area contributed by atoms with E-state index in [1.807, 2.05) is 30.3 Å². The van der Waals surface area contributed by atoms with Gasteiger partial charge >= 0.3 is 0 Å². The fourth-order valence-electron chi connectivity index (χ4n) is 3.21. The maximum Gasteiger partial charge on any atom is 0.251 e. The predicted octanol–water partition coefficient (Wildman–Crippen LogP) is 5.89. The SMILES string of the molecule is CCCCCCCCCCCCNC(=O)c1cccc2ncccc12. The summed E-state index contributed by atoms with van der Waals surface area (Å²) in [6.45, 7) is 3.02. The topological polar surface area (TPSA) is 42.0 Å². The molecule has 2 aromatic rings. The molecule has 0 spiro atoms. The maximum atomic E-state index is 12.4. The van der Waals surface area contributed by atoms with Gasteiger partial charge in [-0.3, -0.25) is 9.78 Å². The molecule has 0 aliphatic heterocycles. The Morgan fingerprint density at radius 1 is 0.880 bits per heavy atom. The van der Waals surface area contributed by atoms with Gasteiger partial charge in [0.1, 0.15) is 0 Å². The molecule has 1 aromatic carbocycles. The normalized spacial score (nSPS) is 10.9. The number of amides is 1. The molecule has 1 N–H and O–H groups in total. The van der Waals surface area contributed by atoms with Crippen LogP contribution in [0.2, 0.25) is 0 Å². The number of rotatable bonds is 12. The Morgan fingerprint density at radius 3 is 2.28 bits per heavy atom. The van der Waals surface area contributed by atoms with Crippen LogP contribution in [0.1, 0.15) is 81.5 Å². The van der Waals surface area contributed by atoms with Crippen LogP contribution >= 0.6 is 0 Å². The number of nitrogens with zero attached hydrogens (tertiary/aromatic N) is 1. The Kier molecular flexibility index (Phi) is 9.03. The van der Waals surface area contributed by atoms with Crippen molar-refractivity contribution < 1.29 is 4.79 Å². The number of fused-ring (bicyclic) bond motifs is 1. The van der Waals surface area contributed by atoms with E-state index in [0.717, 1.165) is 29.4 Å². The van der Waals surface area contributed by atoms with Gasteiger partial charge in [0, 0.05) is 23.7 Å². The fourth-order valence-corrected chi connectivity index (χ4v) is 3.21. The molecule has 0 aliphatic rings. The lowest BCUT2D eigenvalue weighted by atomic mass is 10.1. The lowest BCUT2D eigenvalue weighted by Crippen LogP contribution is -2.24. The Labute approximate surface area is 152 Å². The molecule has 0 radical (unpaired) electrons. The first-order valence-electron chi connectivity index (χ1n) is 9.95. The third-order valence-electron chi connectivity index (χ3n) is 4.71. The standard InChI is InChI=1S/C22H32N2O/c1-2-3-4-5-6-7-8-9-10-11-17-24-22(25)20-14-12-16-21-19(20)15-13-18-23-21/h12-16,18H,2-11,17H2,1H3,(H,24,25). The summed E-state index contributed by atoms with van der Waals surface area (Å²) in [7, 11) is 0. The molecule has 0 unspecified atom stereocenters. The van der Waals surface area contributed by atoms with Crippen LogP contribution in [-0.2, 0) is 0 Å². The first kappa shape index (κ1) is 19.4. The van der Waals surface area contributed by atoms with Crippen LogP contribution in [-0.4, -0.2) is 17.4 Å². The lowest BCUT2D eigenvalue weighted by Gasteiger charge is -2.08. The summed E-state index contributed by atoms with van der Waals surface area (Å²) in [5.74, 6) is 0.00882. The van der Waals surface area contributed by atoms with E-state index in [1.165, 1.54) is 57.8 Å². The summed E-state index contributed by atoms with van der Waals surface area (Å²) in [5, 5.41) is 3.97. The molecule has 1 amide bonds. The molecule has 25 heavy (non-hydrogen) atoms. The maximum absolute atomic E-state index is 12.4. The summed E-state index contributed by atoms with van der Waals surface area (Å²) in [6, 6.07) is 9.54. The zero-order chi connectivity index (χ0) is 17.7. The second-order valence-corrected chi connectivity index (χ2v) is 6.81. The van der Waals surface area contributed by atoms with Crippen molar-refractivity contribution in [1.29, 1.82) is 0 Å². The van der Waals surface area contributed by atoms with Crippen LogP contribution in [0, 0.1) is 0 Å². The first-order valence-corrected chi connectivity index (χ1v) is 9.95. The Morgan fingerprint density at radius 2 is 1.56 bits per heavy atom. The Bertz CT molecular complexity index is 633. The van der Waals surface area contributed by atoms with Crippen molar-refractivity contribution in [2.24, 2.45) is 0 Å². The van der Waals surface area contributed by atoms with Gasteiger partial charge in [-0.15, -0.1) is 0 Å². The molecule has 0 saturated carbocycles. The van der Waals surface area contributed by atoms with Gasteiger partial charge in [0.2, 0.25) is 0 Å². The van der Waals surface area contributed by atoms with Crippen molar-refractivity contribution in [1.82, 2.24) is 10.3 Å². The van der Waals surface area contributed by atoms with Gasteiger partial charge in [-0.05, 0) is 24.6 Å². The Hall–Kier alpha value is -1.90. The zero-order valence-electron chi connectivity index (χ0n) is 15.6. The fraction of sp³-hybridized carbons (Fsp3) is 0.545. The van der Waals surface area contributed by atoms with Gasteiger partial charge in [-0.1, -0.05) is 76.8 Å². The van der Waals surface area contributed by atoms with Crippen molar-refractivity contribution in [3.63, 3.8) is 0 Å². The number of benzene rings is 1. The second kappa shape index (κ2) is 11.6. The molecular formula is C22H32N2O. The number of hydrogen-bond donors (Lipinski definition) is 1. The van der Waals surface area contributed by atoms with E-state index in [-0.39, 0.29) is 5.91 Å². The lowest BCUT2D eigenvalue weighted by molar-refractivity contribution is 0.0954. The summed E-state index contributed by atoms with van der Waals surface area (Å²) < 4.78 is 0. The quantitative estimate of drug-likeness (QED) is 0.490. The van der Waals surface area contributed by atoms with Gasteiger partial charge in [0.25, 0.3) is 5.91 Å². The number of nitrogens with one attached hydrogen (secondary N) is 1. The highest BCUT2D eigenvalue weighted by Crippen LogP contribution is 2.16. The van der Waals surface area contributed by atoms with E-state index < -0.39 is 0 Å². The summed E-state index contributed by atoms with van der Waals surface area (Å²) in [4.78, 5) is 16.7. The average Bonchev–Trinajstić information content (AvgIpc) is 2.65. The monoisotopic (exact) mass is 340 g/mol. The number of pyridine rings is 1. The van der Waals surface area contributed by atoms with Gasteiger partial charge in [0.15, 0.2) is 0 Å². The highest BCUT2D eigenvalue weighted by molar-refractivity contribution is 6.06. The number of carbonyl (C=O) groups excluding carboxylic acids is 1. The molecule has 0 aliphatic carbocycles. The van der Waals surface area contributed by atoms with Crippen LogP contribution in [0.15, 0.2) is 36.5 Å². The number of unbranched alkanes of at least 4 members (excludes halogenated alkanes) is 9. The summed E-state index contributed by atoms with van der Waals surface area (Å²) in [6.07, 6.45) is 14.9.